The van der Waals surface area contributed by atoms with Gasteiger partial charge >= 0.3 is 5.97 Å². The number of carbonyl (C=O) groups is 1. The van der Waals surface area contributed by atoms with Crippen molar-refractivity contribution in [2.75, 3.05) is 7.11 Å². The Labute approximate surface area is 177 Å². The summed E-state index contributed by atoms with van der Waals surface area (Å²) in [5, 5.41) is 33.4. The molecule has 158 valence electrons. The lowest BCUT2D eigenvalue weighted by Crippen LogP contribution is -2.29. The van der Waals surface area contributed by atoms with Crippen LogP contribution in [0.3, 0.4) is 0 Å². The lowest BCUT2D eigenvalue weighted by atomic mass is 9.90. The number of methoxy groups -OCH3 is 1. The van der Waals surface area contributed by atoms with E-state index in [-0.39, 0.29) is 34.8 Å². The second-order valence-corrected chi connectivity index (χ2v) is 7.78. The summed E-state index contributed by atoms with van der Waals surface area (Å²) in [5.74, 6) is -1.69. The molecule has 2 aromatic heterocycles. The number of pyridine rings is 1. The van der Waals surface area contributed by atoms with Crippen molar-refractivity contribution in [2.24, 2.45) is 0 Å². The number of rotatable bonds is 7. The van der Waals surface area contributed by atoms with Gasteiger partial charge in [0.1, 0.15) is 5.75 Å². The maximum absolute atomic E-state index is 13.3. The molecule has 0 saturated carbocycles. The minimum absolute atomic E-state index is 0.0646. The van der Waals surface area contributed by atoms with Crippen LogP contribution in [0.1, 0.15) is 34.7 Å². The van der Waals surface area contributed by atoms with Crippen molar-refractivity contribution in [2.45, 2.75) is 32.2 Å². The van der Waals surface area contributed by atoms with Gasteiger partial charge in [0.2, 0.25) is 0 Å². The molecule has 8 heteroatoms. The van der Waals surface area contributed by atoms with Crippen molar-refractivity contribution >= 4 is 17.3 Å². The number of ether oxygens (including phenoxy) is 1. The average molecular weight is 429 g/mol. The first-order valence-electron chi connectivity index (χ1n) is 9.35. The van der Waals surface area contributed by atoms with E-state index in [4.69, 9.17) is 4.74 Å². The topological polar surface area (TPSA) is 109 Å². The minimum atomic E-state index is -0.624. The van der Waals surface area contributed by atoms with Gasteiger partial charge in [-0.15, -0.1) is 0 Å². The number of aryl methyl sites for hydroxylation is 2. The number of carbonyl (C=O) groups excluding carboxylic acids is 1. The fourth-order valence-electron chi connectivity index (χ4n) is 3.45. The van der Waals surface area contributed by atoms with Crippen molar-refractivity contribution in [3.8, 4) is 17.2 Å². The van der Waals surface area contributed by atoms with E-state index in [9.17, 15) is 24.9 Å². The zero-order chi connectivity index (χ0) is 21.8. The van der Waals surface area contributed by atoms with Crippen molar-refractivity contribution in [1.82, 2.24) is 4.57 Å². The van der Waals surface area contributed by atoms with Crippen molar-refractivity contribution in [3.05, 3.63) is 73.8 Å². The van der Waals surface area contributed by atoms with Crippen LogP contribution in [-0.2, 0) is 22.5 Å². The first-order chi connectivity index (χ1) is 14.3. The van der Waals surface area contributed by atoms with Gasteiger partial charge in [-0.25, -0.2) is 0 Å². The van der Waals surface area contributed by atoms with Crippen LogP contribution in [0.2, 0.25) is 0 Å². The molecule has 0 aliphatic carbocycles. The molecule has 0 fully saturated rings. The molecule has 3 rings (SSSR count). The quantitative estimate of drug-likeness (QED) is 0.393. The molecular formula is C22H23NO6S. The molecule has 0 bridgehead atoms. The van der Waals surface area contributed by atoms with Crippen LogP contribution in [0.25, 0.3) is 0 Å². The predicted octanol–water partition coefficient (Wildman–Crippen LogP) is 3.27. The summed E-state index contributed by atoms with van der Waals surface area (Å²) in [5.41, 5.74) is 1.85. The van der Waals surface area contributed by atoms with E-state index < -0.39 is 11.9 Å². The molecule has 0 aliphatic rings. The first-order valence-corrected chi connectivity index (χ1v) is 10.3. The van der Waals surface area contributed by atoms with Gasteiger partial charge in [0.25, 0.3) is 5.56 Å². The molecule has 3 aromatic rings. The number of benzene rings is 1. The third-order valence-corrected chi connectivity index (χ3v) is 5.78. The Bertz CT molecular complexity index is 1100. The van der Waals surface area contributed by atoms with Gasteiger partial charge in [-0.1, -0.05) is 6.07 Å². The number of aromatic nitrogens is 1. The maximum Gasteiger partial charge on any atom is 0.306 e. The minimum Gasteiger partial charge on any atom is -0.507 e. The molecule has 1 aromatic carbocycles. The normalized spacial score (nSPS) is 11.9. The molecular weight excluding hydrogens is 406 g/mol. The van der Waals surface area contributed by atoms with E-state index in [0.717, 1.165) is 11.1 Å². The number of esters is 1. The van der Waals surface area contributed by atoms with Crippen molar-refractivity contribution in [1.29, 1.82) is 0 Å². The summed E-state index contributed by atoms with van der Waals surface area (Å²) in [6.07, 6.45) is 0.365. The number of hydrogen-bond acceptors (Lipinski definition) is 7. The molecule has 1 unspecified atom stereocenters. The molecule has 3 N–H and O–H groups in total. The SMILES string of the molecule is COC(=O)CC(c1ccsc1)c1c(O)cc(C)n(CCc2ccc(O)c(O)c2)c1=O. The Hall–Kier alpha value is -3.26. The van der Waals surface area contributed by atoms with Crippen LogP contribution in [0.4, 0.5) is 0 Å². The smallest absolute Gasteiger partial charge is 0.306 e. The number of thiophene rings is 1. The Morgan fingerprint density at radius 3 is 2.53 bits per heavy atom. The Balaban J connectivity index is 1.99. The van der Waals surface area contributed by atoms with E-state index in [1.165, 1.54) is 41.2 Å². The zero-order valence-electron chi connectivity index (χ0n) is 16.7. The monoisotopic (exact) mass is 429 g/mol. The zero-order valence-corrected chi connectivity index (χ0v) is 17.5. The van der Waals surface area contributed by atoms with Crippen LogP contribution in [0.5, 0.6) is 17.2 Å². The Morgan fingerprint density at radius 2 is 1.90 bits per heavy atom. The molecule has 0 amide bonds. The average Bonchev–Trinajstić information content (AvgIpc) is 3.23. The van der Waals surface area contributed by atoms with Gasteiger partial charge in [0.15, 0.2) is 11.5 Å². The largest absolute Gasteiger partial charge is 0.507 e. The molecule has 30 heavy (non-hydrogen) atoms. The Morgan fingerprint density at radius 1 is 1.13 bits per heavy atom. The van der Waals surface area contributed by atoms with E-state index >= 15 is 0 Å². The predicted molar refractivity (Wildman–Crippen MR) is 113 cm³/mol. The molecule has 1 atom stereocenters. The maximum atomic E-state index is 13.3. The third-order valence-electron chi connectivity index (χ3n) is 5.08. The highest BCUT2D eigenvalue weighted by Crippen LogP contribution is 2.33. The second-order valence-electron chi connectivity index (χ2n) is 7.00. The highest BCUT2D eigenvalue weighted by Gasteiger charge is 2.26. The van der Waals surface area contributed by atoms with Gasteiger partial charge < -0.3 is 24.6 Å². The van der Waals surface area contributed by atoms with Crippen molar-refractivity contribution < 1.29 is 24.9 Å². The first kappa shape index (κ1) is 21.4. The third kappa shape index (κ3) is 4.49. The fourth-order valence-corrected chi connectivity index (χ4v) is 4.16. The highest BCUT2D eigenvalue weighted by molar-refractivity contribution is 7.08. The molecule has 7 nitrogen and oxygen atoms in total. The van der Waals surface area contributed by atoms with Crippen LogP contribution >= 0.6 is 11.3 Å². The lowest BCUT2D eigenvalue weighted by molar-refractivity contribution is -0.140. The lowest BCUT2D eigenvalue weighted by Gasteiger charge is -2.19. The Kier molecular flexibility index (Phi) is 6.47. The summed E-state index contributed by atoms with van der Waals surface area (Å²) in [7, 11) is 1.29. The fraction of sp³-hybridized carbons (Fsp3) is 0.273. The van der Waals surface area contributed by atoms with Gasteiger partial charge in [0.05, 0.1) is 19.1 Å². The van der Waals surface area contributed by atoms with Gasteiger partial charge in [-0.3, -0.25) is 9.59 Å². The van der Waals surface area contributed by atoms with Crippen LogP contribution in [0.15, 0.2) is 45.9 Å². The number of phenolic OH excluding ortho intramolecular Hbond substituents is 2. The molecule has 0 saturated heterocycles. The van der Waals surface area contributed by atoms with E-state index in [0.29, 0.717) is 18.7 Å². The summed E-state index contributed by atoms with van der Waals surface area (Å²) in [6.45, 7) is 2.02. The summed E-state index contributed by atoms with van der Waals surface area (Å²) in [6, 6.07) is 7.85. The van der Waals surface area contributed by atoms with Crippen LogP contribution in [-0.4, -0.2) is 33.0 Å². The molecule has 0 radical (unpaired) electrons. The van der Waals surface area contributed by atoms with E-state index in [2.05, 4.69) is 0 Å². The number of aromatic hydroxyl groups is 3. The van der Waals surface area contributed by atoms with E-state index in [1.54, 1.807) is 13.0 Å². The van der Waals surface area contributed by atoms with Crippen LogP contribution in [0, 0.1) is 6.92 Å². The van der Waals surface area contributed by atoms with Gasteiger partial charge in [-0.2, -0.15) is 11.3 Å². The van der Waals surface area contributed by atoms with Crippen LogP contribution < -0.4 is 5.56 Å². The standard InChI is InChI=1S/C22H23NO6S/c1-13-9-19(26)21(16(11-20(27)29-2)15-6-8-30-12-15)22(28)23(13)7-5-14-3-4-17(24)18(25)10-14/h3-4,6,8-10,12,16,24-26H,5,7,11H2,1-2H3. The number of hydrogen-bond donors (Lipinski definition) is 3. The number of nitrogens with zero attached hydrogens (tertiary/aromatic N) is 1. The molecule has 2 heterocycles. The molecule has 0 aliphatic heterocycles. The van der Waals surface area contributed by atoms with Gasteiger partial charge in [-0.05, 0) is 59.5 Å². The summed E-state index contributed by atoms with van der Waals surface area (Å²) < 4.78 is 6.33. The van der Waals surface area contributed by atoms with Crippen molar-refractivity contribution in [3.63, 3.8) is 0 Å². The highest BCUT2D eigenvalue weighted by atomic mass is 32.1. The van der Waals surface area contributed by atoms with E-state index in [1.807, 2.05) is 16.8 Å². The second kappa shape index (κ2) is 9.04. The molecule has 0 spiro atoms. The number of phenols is 2. The summed E-state index contributed by atoms with van der Waals surface area (Å²) >= 11 is 1.44. The van der Waals surface area contributed by atoms with Gasteiger partial charge in [0, 0.05) is 18.2 Å². The summed E-state index contributed by atoms with van der Waals surface area (Å²) in [4.78, 5) is 25.3.